The number of nitrogens with one attached hydrogen (secondary N) is 2. The summed E-state index contributed by atoms with van der Waals surface area (Å²) >= 11 is 11.3. The molecule has 116 valence electrons. The highest BCUT2D eigenvalue weighted by molar-refractivity contribution is 6.28. The molecule has 0 saturated heterocycles. The highest BCUT2D eigenvalue weighted by Crippen LogP contribution is 2.18. The molecule has 0 fully saturated rings. The molecule has 2 rings (SSSR count). The van der Waals surface area contributed by atoms with Gasteiger partial charge in [-0.1, -0.05) is 12.1 Å². The molecule has 0 spiro atoms. The Morgan fingerprint density at radius 1 is 1.27 bits per heavy atom. The molecule has 1 amide bonds. The Morgan fingerprint density at radius 3 is 2.59 bits per heavy atom. The number of carbonyl (C=O) groups is 1. The fourth-order valence-electron chi connectivity index (χ4n) is 1.59. The molecule has 0 aliphatic carbocycles. The second kappa shape index (κ2) is 7.82. The van der Waals surface area contributed by atoms with Gasteiger partial charge in [0.1, 0.15) is 6.61 Å². The molecule has 2 N–H and O–H groups in total. The molecule has 1 heterocycles. The monoisotopic (exact) mass is 341 g/mol. The maximum Gasteiger partial charge on any atom is 0.411 e. The molecule has 22 heavy (non-hydrogen) atoms. The van der Waals surface area contributed by atoms with Crippen LogP contribution in [0.25, 0.3) is 11.3 Å². The molecule has 1 aromatic heterocycles. The van der Waals surface area contributed by atoms with E-state index in [2.05, 4.69) is 15.5 Å². The van der Waals surface area contributed by atoms with E-state index in [4.69, 9.17) is 27.9 Å². The number of nitrogens with zero attached hydrogens (tertiary/aromatic N) is 1. The van der Waals surface area contributed by atoms with Crippen LogP contribution in [0.2, 0.25) is 0 Å². The third kappa shape index (κ3) is 4.75. The molecule has 2 aromatic rings. The van der Waals surface area contributed by atoms with Gasteiger partial charge in [0.15, 0.2) is 0 Å². The summed E-state index contributed by atoms with van der Waals surface area (Å²) in [7, 11) is 0. The van der Waals surface area contributed by atoms with Crippen molar-refractivity contribution in [3.05, 3.63) is 46.8 Å². The molecule has 1 atom stereocenters. The first-order valence-corrected chi connectivity index (χ1v) is 7.35. The van der Waals surface area contributed by atoms with E-state index >= 15 is 0 Å². The van der Waals surface area contributed by atoms with Crippen LogP contribution in [-0.4, -0.2) is 34.2 Å². The minimum atomic E-state index is -0.606. The van der Waals surface area contributed by atoms with Crippen LogP contribution in [0.1, 0.15) is 0 Å². The molecule has 1 aromatic carbocycles. The van der Waals surface area contributed by atoms with Gasteiger partial charge in [-0.05, 0) is 18.2 Å². The van der Waals surface area contributed by atoms with E-state index in [1.165, 1.54) is 6.07 Å². The maximum atomic E-state index is 11.5. The summed E-state index contributed by atoms with van der Waals surface area (Å²) in [5.74, 6) is 0.204. The SMILES string of the molecule is O=C(Nc1ccc(-c2ccc(=O)[nH]n2)cc1)OCC(Cl)CCl. The number of alkyl halides is 2. The smallest absolute Gasteiger partial charge is 0.411 e. The predicted octanol–water partition coefficient (Wildman–Crippen LogP) is 2.83. The minimum absolute atomic E-state index is 0.0380. The Bertz CT molecular complexity index is 668. The first-order valence-electron chi connectivity index (χ1n) is 6.38. The zero-order valence-electron chi connectivity index (χ0n) is 11.4. The average molecular weight is 342 g/mol. The number of ether oxygens (including phenoxy) is 1. The number of H-pyrrole nitrogens is 1. The van der Waals surface area contributed by atoms with Crippen molar-refractivity contribution in [1.29, 1.82) is 0 Å². The van der Waals surface area contributed by atoms with Crippen LogP contribution < -0.4 is 10.9 Å². The molecule has 6 nitrogen and oxygen atoms in total. The van der Waals surface area contributed by atoms with Crippen LogP contribution in [0, 0.1) is 0 Å². The highest BCUT2D eigenvalue weighted by atomic mass is 35.5. The first-order chi connectivity index (χ1) is 10.6. The van der Waals surface area contributed by atoms with Crippen molar-refractivity contribution in [2.75, 3.05) is 17.8 Å². The van der Waals surface area contributed by atoms with Gasteiger partial charge in [-0.25, -0.2) is 9.89 Å². The number of anilines is 1. The van der Waals surface area contributed by atoms with E-state index in [1.807, 2.05) is 0 Å². The number of aromatic nitrogens is 2. The zero-order chi connectivity index (χ0) is 15.9. The predicted molar refractivity (Wildman–Crippen MR) is 85.6 cm³/mol. The molecule has 1 unspecified atom stereocenters. The van der Waals surface area contributed by atoms with E-state index in [-0.39, 0.29) is 18.0 Å². The molecule has 0 saturated carbocycles. The standard InChI is InChI=1S/C14H13Cl2N3O3/c15-7-10(16)8-22-14(21)17-11-3-1-9(2-4-11)12-5-6-13(20)19-18-12/h1-6,10H,7-8H2,(H,17,21)(H,19,20). The Hall–Kier alpha value is -2.05. The van der Waals surface area contributed by atoms with E-state index in [1.54, 1.807) is 30.3 Å². The van der Waals surface area contributed by atoms with Crippen LogP contribution in [-0.2, 0) is 4.74 Å². The summed E-state index contributed by atoms with van der Waals surface area (Å²) in [6.45, 7) is 0.0380. The number of rotatable bonds is 5. The van der Waals surface area contributed by atoms with Gasteiger partial charge in [0, 0.05) is 23.2 Å². The Balaban J connectivity index is 1.95. The number of carbonyl (C=O) groups excluding carboxylic acids is 1. The fourth-order valence-corrected chi connectivity index (χ4v) is 1.75. The summed E-state index contributed by atoms with van der Waals surface area (Å²) in [5, 5.41) is 8.43. The zero-order valence-corrected chi connectivity index (χ0v) is 12.9. The second-order valence-corrected chi connectivity index (χ2v) is 5.28. The van der Waals surface area contributed by atoms with E-state index in [0.717, 1.165) is 5.56 Å². The molecule has 0 aliphatic rings. The number of benzene rings is 1. The van der Waals surface area contributed by atoms with Gasteiger partial charge in [0.2, 0.25) is 0 Å². The van der Waals surface area contributed by atoms with Crippen LogP contribution >= 0.6 is 23.2 Å². The van der Waals surface area contributed by atoms with Gasteiger partial charge in [-0.3, -0.25) is 10.1 Å². The van der Waals surface area contributed by atoms with Crippen molar-refractivity contribution in [2.45, 2.75) is 5.38 Å². The van der Waals surface area contributed by atoms with Crippen molar-refractivity contribution in [3.63, 3.8) is 0 Å². The van der Waals surface area contributed by atoms with Crippen LogP contribution in [0.5, 0.6) is 0 Å². The Labute approximate surface area is 136 Å². The van der Waals surface area contributed by atoms with Gasteiger partial charge < -0.3 is 4.74 Å². The van der Waals surface area contributed by atoms with Crippen LogP contribution in [0.4, 0.5) is 10.5 Å². The lowest BCUT2D eigenvalue weighted by molar-refractivity contribution is 0.163. The number of aromatic amines is 1. The number of halogens is 2. The molecule has 0 radical (unpaired) electrons. The number of hydrogen-bond acceptors (Lipinski definition) is 4. The van der Waals surface area contributed by atoms with E-state index < -0.39 is 11.5 Å². The lowest BCUT2D eigenvalue weighted by atomic mass is 10.1. The maximum absolute atomic E-state index is 11.5. The van der Waals surface area contributed by atoms with Crippen LogP contribution in [0.15, 0.2) is 41.2 Å². The summed E-state index contributed by atoms with van der Waals surface area (Å²) in [6, 6.07) is 9.93. The topological polar surface area (TPSA) is 84.1 Å². The largest absolute Gasteiger partial charge is 0.448 e. The van der Waals surface area contributed by atoms with Gasteiger partial charge in [-0.15, -0.1) is 23.2 Å². The third-order valence-electron chi connectivity index (χ3n) is 2.67. The van der Waals surface area contributed by atoms with Crippen molar-refractivity contribution < 1.29 is 9.53 Å². The van der Waals surface area contributed by atoms with Gasteiger partial charge >= 0.3 is 6.09 Å². The molecule has 0 bridgehead atoms. The van der Waals surface area contributed by atoms with Gasteiger partial charge in [0.05, 0.1) is 11.1 Å². The van der Waals surface area contributed by atoms with Crippen molar-refractivity contribution >= 4 is 35.0 Å². The number of amides is 1. The molecular formula is C14H13Cl2N3O3. The average Bonchev–Trinajstić information content (AvgIpc) is 2.54. The first kappa shape index (κ1) is 16.3. The van der Waals surface area contributed by atoms with E-state index in [9.17, 15) is 9.59 Å². The molecule has 0 aliphatic heterocycles. The Morgan fingerprint density at radius 2 is 2.00 bits per heavy atom. The molecule has 8 heteroatoms. The van der Waals surface area contributed by atoms with E-state index in [0.29, 0.717) is 11.4 Å². The normalized spacial score (nSPS) is 11.7. The van der Waals surface area contributed by atoms with Crippen molar-refractivity contribution in [3.8, 4) is 11.3 Å². The van der Waals surface area contributed by atoms with Gasteiger partial charge in [0.25, 0.3) is 5.56 Å². The summed E-state index contributed by atoms with van der Waals surface area (Å²) < 4.78 is 4.91. The van der Waals surface area contributed by atoms with Crippen molar-refractivity contribution in [2.24, 2.45) is 0 Å². The minimum Gasteiger partial charge on any atom is -0.448 e. The lowest BCUT2D eigenvalue weighted by Gasteiger charge is -2.09. The van der Waals surface area contributed by atoms with Crippen molar-refractivity contribution in [1.82, 2.24) is 10.2 Å². The summed E-state index contributed by atoms with van der Waals surface area (Å²) in [6.07, 6.45) is -0.606. The summed E-state index contributed by atoms with van der Waals surface area (Å²) in [5.41, 5.74) is 1.73. The van der Waals surface area contributed by atoms with Gasteiger partial charge in [-0.2, -0.15) is 5.10 Å². The Kier molecular flexibility index (Phi) is 5.80. The highest BCUT2D eigenvalue weighted by Gasteiger charge is 2.08. The number of hydrogen-bond donors (Lipinski definition) is 2. The summed E-state index contributed by atoms with van der Waals surface area (Å²) in [4.78, 5) is 22.5. The van der Waals surface area contributed by atoms with Crippen LogP contribution in [0.3, 0.4) is 0 Å². The third-order valence-corrected chi connectivity index (χ3v) is 3.48. The quantitative estimate of drug-likeness (QED) is 0.819. The lowest BCUT2D eigenvalue weighted by Crippen LogP contribution is -2.19. The fraction of sp³-hybridized carbons (Fsp3) is 0.214. The molecular weight excluding hydrogens is 329 g/mol. The second-order valence-electron chi connectivity index (χ2n) is 4.36.